The molecule has 2 nitrogen and oxygen atoms in total. The molecule has 0 saturated carbocycles. The van der Waals surface area contributed by atoms with Crippen LogP contribution in [-0.4, -0.2) is 9.97 Å². The Morgan fingerprint density at radius 3 is 1.77 bits per heavy atom. The minimum Gasteiger partial charge on any atom is -0.256 e. The second-order valence-corrected chi connectivity index (χ2v) is 7.50. The van der Waals surface area contributed by atoms with E-state index >= 15 is 0 Å². The summed E-state index contributed by atoms with van der Waals surface area (Å²) in [6, 6.07) is 37.8. The Kier molecular flexibility index (Phi) is 5.36. The van der Waals surface area contributed by atoms with Crippen molar-refractivity contribution in [2.75, 3.05) is 0 Å². The zero-order valence-electron chi connectivity index (χ0n) is 17.1. The molecule has 0 fully saturated rings. The van der Waals surface area contributed by atoms with E-state index in [2.05, 4.69) is 96.0 Å². The molecule has 0 spiro atoms. The molecule has 0 bridgehead atoms. The molecule has 0 atom stereocenters. The van der Waals surface area contributed by atoms with Crippen LogP contribution in [0.15, 0.2) is 122 Å². The smallest absolute Gasteiger partial charge is 0.0711 e. The van der Waals surface area contributed by atoms with Crippen LogP contribution in [0.1, 0.15) is 11.1 Å². The van der Waals surface area contributed by atoms with E-state index in [1.165, 1.54) is 27.8 Å². The van der Waals surface area contributed by atoms with Gasteiger partial charge in [0.2, 0.25) is 0 Å². The third kappa shape index (κ3) is 4.15. The molecule has 0 aliphatic carbocycles. The van der Waals surface area contributed by atoms with E-state index in [9.17, 15) is 0 Å². The number of hydrogen-bond acceptors (Lipinski definition) is 2. The van der Waals surface area contributed by atoms with Crippen LogP contribution < -0.4 is 0 Å². The highest BCUT2D eigenvalue weighted by Crippen LogP contribution is 2.30. The average Bonchev–Trinajstić information content (AvgIpc) is 2.86. The van der Waals surface area contributed by atoms with Crippen LogP contribution in [0.4, 0.5) is 0 Å². The van der Waals surface area contributed by atoms with E-state index in [1.54, 1.807) is 0 Å². The average molecular weight is 399 g/mol. The van der Waals surface area contributed by atoms with Crippen molar-refractivity contribution in [1.29, 1.82) is 0 Å². The van der Waals surface area contributed by atoms with Gasteiger partial charge in [0.15, 0.2) is 0 Å². The monoisotopic (exact) mass is 398 g/mol. The predicted octanol–water partition coefficient (Wildman–Crippen LogP) is 7.07. The summed E-state index contributed by atoms with van der Waals surface area (Å²) in [6.45, 7) is 0. The van der Waals surface area contributed by atoms with Crippen LogP contribution in [0.3, 0.4) is 0 Å². The molecule has 31 heavy (non-hydrogen) atoms. The molecule has 0 N–H and O–H groups in total. The number of hydrogen-bond donors (Lipinski definition) is 0. The van der Waals surface area contributed by atoms with E-state index in [4.69, 9.17) is 4.98 Å². The molecule has 3 aromatic carbocycles. The molecule has 2 heterocycles. The molecule has 0 unspecified atom stereocenters. The SMILES string of the molecule is c1ccc(-c2ccnc(-c3ccccc3Cc3ccccc3-c3ccccn3)c2)cc1. The molecule has 148 valence electrons. The molecule has 0 radical (unpaired) electrons. The zero-order valence-corrected chi connectivity index (χ0v) is 17.1. The maximum Gasteiger partial charge on any atom is 0.0711 e. The molecule has 2 heteroatoms. The van der Waals surface area contributed by atoms with Gasteiger partial charge in [-0.05, 0) is 52.9 Å². The van der Waals surface area contributed by atoms with E-state index in [-0.39, 0.29) is 0 Å². The van der Waals surface area contributed by atoms with Crippen molar-refractivity contribution in [1.82, 2.24) is 9.97 Å². The van der Waals surface area contributed by atoms with Crippen molar-refractivity contribution in [3.05, 3.63) is 133 Å². The van der Waals surface area contributed by atoms with E-state index < -0.39 is 0 Å². The van der Waals surface area contributed by atoms with Gasteiger partial charge in [-0.1, -0.05) is 84.9 Å². The molecule has 5 aromatic rings. The first kappa shape index (κ1) is 19.0. The van der Waals surface area contributed by atoms with Crippen molar-refractivity contribution in [3.63, 3.8) is 0 Å². The lowest BCUT2D eigenvalue weighted by Crippen LogP contribution is -1.97. The minimum atomic E-state index is 0.820. The molecule has 0 aliphatic heterocycles. The fraction of sp³-hybridized carbons (Fsp3) is 0.0345. The maximum absolute atomic E-state index is 4.71. The molecular weight excluding hydrogens is 376 g/mol. The molecule has 2 aromatic heterocycles. The first-order chi connectivity index (χ1) is 15.4. The first-order valence-corrected chi connectivity index (χ1v) is 10.5. The van der Waals surface area contributed by atoms with Gasteiger partial charge in [0.1, 0.15) is 0 Å². The van der Waals surface area contributed by atoms with Crippen LogP contribution in [0.5, 0.6) is 0 Å². The van der Waals surface area contributed by atoms with Crippen LogP contribution in [0.25, 0.3) is 33.6 Å². The Bertz CT molecular complexity index is 1290. The van der Waals surface area contributed by atoms with E-state index in [0.717, 1.165) is 23.4 Å². The van der Waals surface area contributed by atoms with Gasteiger partial charge in [0, 0.05) is 23.5 Å². The highest BCUT2D eigenvalue weighted by Gasteiger charge is 2.11. The second kappa shape index (κ2) is 8.76. The Balaban J connectivity index is 1.54. The summed E-state index contributed by atoms with van der Waals surface area (Å²) in [6.07, 6.45) is 4.56. The van der Waals surface area contributed by atoms with Gasteiger partial charge in [-0.25, -0.2) is 0 Å². The van der Waals surface area contributed by atoms with Gasteiger partial charge >= 0.3 is 0 Å². The first-order valence-electron chi connectivity index (χ1n) is 10.5. The molecule has 0 saturated heterocycles. The van der Waals surface area contributed by atoms with Gasteiger partial charge in [-0.3, -0.25) is 9.97 Å². The fourth-order valence-electron chi connectivity index (χ4n) is 3.96. The third-order valence-electron chi connectivity index (χ3n) is 5.50. The lowest BCUT2D eigenvalue weighted by atomic mass is 9.93. The fourth-order valence-corrected chi connectivity index (χ4v) is 3.96. The molecular formula is C29H22N2. The van der Waals surface area contributed by atoms with Crippen LogP contribution >= 0.6 is 0 Å². The lowest BCUT2D eigenvalue weighted by molar-refractivity contribution is 1.17. The van der Waals surface area contributed by atoms with Crippen molar-refractivity contribution < 1.29 is 0 Å². The van der Waals surface area contributed by atoms with Crippen molar-refractivity contribution in [2.24, 2.45) is 0 Å². The van der Waals surface area contributed by atoms with Gasteiger partial charge < -0.3 is 0 Å². The Morgan fingerprint density at radius 2 is 1.06 bits per heavy atom. The standard InChI is InChI=1S/C29H22N2/c1-2-10-22(11-3-1)23-17-19-31-29(21-23)27-15-7-5-13-25(27)20-24-12-4-6-14-26(24)28-16-8-9-18-30-28/h1-19,21H,20H2. The van der Waals surface area contributed by atoms with Crippen LogP contribution in [-0.2, 0) is 6.42 Å². The van der Waals surface area contributed by atoms with Crippen molar-refractivity contribution in [3.8, 4) is 33.6 Å². The Hall–Kier alpha value is -4.04. The van der Waals surface area contributed by atoms with Gasteiger partial charge in [-0.15, -0.1) is 0 Å². The number of pyridine rings is 2. The van der Waals surface area contributed by atoms with Gasteiger partial charge in [-0.2, -0.15) is 0 Å². The lowest BCUT2D eigenvalue weighted by Gasteiger charge is -2.13. The highest BCUT2D eigenvalue weighted by molar-refractivity contribution is 5.73. The topological polar surface area (TPSA) is 25.8 Å². The quantitative estimate of drug-likeness (QED) is 0.316. The molecule has 5 rings (SSSR count). The molecule has 0 amide bonds. The normalized spacial score (nSPS) is 10.7. The number of aromatic nitrogens is 2. The summed E-state index contributed by atoms with van der Waals surface area (Å²) >= 11 is 0. The number of rotatable bonds is 5. The van der Waals surface area contributed by atoms with E-state index in [0.29, 0.717) is 0 Å². The van der Waals surface area contributed by atoms with Crippen LogP contribution in [0.2, 0.25) is 0 Å². The van der Waals surface area contributed by atoms with Gasteiger partial charge in [0.05, 0.1) is 11.4 Å². The zero-order chi connectivity index (χ0) is 20.9. The number of nitrogens with zero attached hydrogens (tertiary/aromatic N) is 2. The highest BCUT2D eigenvalue weighted by atomic mass is 14.7. The molecule has 0 aliphatic rings. The minimum absolute atomic E-state index is 0.820. The maximum atomic E-state index is 4.71. The summed E-state index contributed by atoms with van der Waals surface area (Å²) in [4.78, 5) is 9.27. The predicted molar refractivity (Wildman–Crippen MR) is 128 cm³/mol. The number of benzene rings is 3. The van der Waals surface area contributed by atoms with Gasteiger partial charge in [0.25, 0.3) is 0 Å². The Morgan fingerprint density at radius 1 is 0.452 bits per heavy atom. The Labute approximate surface area is 182 Å². The van der Waals surface area contributed by atoms with E-state index in [1.807, 2.05) is 30.6 Å². The summed E-state index contributed by atoms with van der Waals surface area (Å²) in [7, 11) is 0. The largest absolute Gasteiger partial charge is 0.256 e. The van der Waals surface area contributed by atoms with Crippen molar-refractivity contribution in [2.45, 2.75) is 6.42 Å². The third-order valence-corrected chi connectivity index (χ3v) is 5.50. The summed E-state index contributed by atoms with van der Waals surface area (Å²) < 4.78 is 0. The van der Waals surface area contributed by atoms with Crippen molar-refractivity contribution >= 4 is 0 Å². The summed E-state index contributed by atoms with van der Waals surface area (Å²) in [5.74, 6) is 0. The summed E-state index contributed by atoms with van der Waals surface area (Å²) in [5.41, 5.74) is 9.21. The summed E-state index contributed by atoms with van der Waals surface area (Å²) in [5, 5.41) is 0. The van der Waals surface area contributed by atoms with Crippen LogP contribution in [0, 0.1) is 0 Å². The second-order valence-electron chi connectivity index (χ2n) is 7.50.